The standard InChI is InChI=1S/C18H14Cl2N2O3S2/c1-3-6-22-15-5-4-14(27(2,24)25)10-16(15)26-18(22)21-17(23)11-7-12(19)9-13(20)8-11/h3-5,7-10H,1,6H2,2H3. The van der Waals surface area contributed by atoms with E-state index in [1.54, 1.807) is 22.8 Å². The van der Waals surface area contributed by atoms with Crippen LogP contribution in [0.1, 0.15) is 10.4 Å². The molecule has 0 aliphatic carbocycles. The third kappa shape index (κ3) is 4.32. The number of fused-ring (bicyclic) bond motifs is 1. The summed E-state index contributed by atoms with van der Waals surface area (Å²) in [6.07, 6.45) is 2.83. The van der Waals surface area contributed by atoms with Crippen LogP contribution >= 0.6 is 34.5 Å². The summed E-state index contributed by atoms with van der Waals surface area (Å²) in [6.45, 7) is 4.14. The van der Waals surface area contributed by atoms with Crippen molar-refractivity contribution in [2.45, 2.75) is 11.4 Å². The minimum atomic E-state index is -3.34. The van der Waals surface area contributed by atoms with Crippen molar-refractivity contribution in [1.82, 2.24) is 4.57 Å². The van der Waals surface area contributed by atoms with Gasteiger partial charge in [0.25, 0.3) is 5.91 Å². The molecule has 27 heavy (non-hydrogen) atoms. The molecular weight excluding hydrogens is 427 g/mol. The number of amides is 1. The number of hydrogen-bond acceptors (Lipinski definition) is 4. The number of benzene rings is 2. The number of halogens is 2. The Balaban J connectivity index is 2.19. The number of allylic oxidation sites excluding steroid dienone is 1. The van der Waals surface area contributed by atoms with Crippen molar-refractivity contribution in [3.8, 4) is 0 Å². The van der Waals surface area contributed by atoms with Crippen LogP contribution in [0.25, 0.3) is 10.2 Å². The summed E-state index contributed by atoms with van der Waals surface area (Å²) < 4.78 is 26.1. The van der Waals surface area contributed by atoms with Gasteiger partial charge >= 0.3 is 0 Å². The molecule has 140 valence electrons. The van der Waals surface area contributed by atoms with Crippen LogP contribution in [-0.2, 0) is 16.4 Å². The van der Waals surface area contributed by atoms with Crippen molar-refractivity contribution in [1.29, 1.82) is 0 Å². The van der Waals surface area contributed by atoms with E-state index in [1.165, 1.54) is 35.6 Å². The Kier molecular flexibility index (Phi) is 5.58. The average Bonchev–Trinajstić information content (AvgIpc) is 2.90. The maximum Gasteiger partial charge on any atom is 0.279 e. The van der Waals surface area contributed by atoms with Crippen LogP contribution in [-0.4, -0.2) is 25.1 Å². The van der Waals surface area contributed by atoms with Gasteiger partial charge < -0.3 is 4.57 Å². The zero-order chi connectivity index (χ0) is 19.8. The Morgan fingerprint density at radius 2 is 1.89 bits per heavy atom. The van der Waals surface area contributed by atoms with E-state index < -0.39 is 15.7 Å². The van der Waals surface area contributed by atoms with Gasteiger partial charge in [-0.3, -0.25) is 4.79 Å². The Bertz CT molecular complexity index is 1220. The first-order chi connectivity index (χ1) is 12.7. The molecule has 0 radical (unpaired) electrons. The summed E-state index contributed by atoms with van der Waals surface area (Å²) in [7, 11) is -3.34. The largest absolute Gasteiger partial charge is 0.312 e. The van der Waals surface area contributed by atoms with E-state index in [4.69, 9.17) is 23.2 Å². The van der Waals surface area contributed by atoms with E-state index in [0.29, 0.717) is 26.1 Å². The minimum absolute atomic E-state index is 0.210. The molecule has 1 aromatic heterocycles. The van der Waals surface area contributed by atoms with E-state index in [1.807, 2.05) is 0 Å². The summed E-state index contributed by atoms with van der Waals surface area (Å²) in [5.41, 5.74) is 1.04. The van der Waals surface area contributed by atoms with Crippen molar-refractivity contribution in [2.75, 3.05) is 6.26 Å². The lowest BCUT2D eigenvalue weighted by Gasteiger charge is -2.02. The number of sulfone groups is 1. The highest BCUT2D eigenvalue weighted by Gasteiger charge is 2.13. The number of thiazole rings is 1. The first kappa shape index (κ1) is 19.8. The van der Waals surface area contributed by atoms with Gasteiger partial charge in [-0.1, -0.05) is 40.6 Å². The monoisotopic (exact) mass is 440 g/mol. The second kappa shape index (κ2) is 7.59. The fourth-order valence-corrected chi connectivity index (χ4v) is 4.83. The number of aromatic nitrogens is 1. The van der Waals surface area contributed by atoms with Gasteiger partial charge in [-0.15, -0.1) is 6.58 Å². The Labute approximate surface area is 170 Å². The molecular formula is C18H14Cl2N2O3S2. The van der Waals surface area contributed by atoms with E-state index in [9.17, 15) is 13.2 Å². The molecule has 1 amide bonds. The smallest absolute Gasteiger partial charge is 0.279 e. The van der Waals surface area contributed by atoms with Crippen LogP contribution in [0.2, 0.25) is 10.0 Å². The number of rotatable bonds is 4. The van der Waals surface area contributed by atoms with Crippen LogP contribution in [0.3, 0.4) is 0 Å². The minimum Gasteiger partial charge on any atom is -0.312 e. The highest BCUT2D eigenvalue weighted by molar-refractivity contribution is 7.90. The van der Waals surface area contributed by atoms with Crippen molar-refractivity contribution in [2.24, 2.45) is 4.99 Å². The Morgan fingerprint density at radius 1 is 1.22 bits per heavy atom. The third-order valence-electron chi connectivity index (χ3n) is 3.70. The first-order valence-corrected chi connectivity index (χ1v) is 11.1. The van der Waals surface area contributed by atoms with E-state index in [0.717, 1.165) is 11.8 Å². The summed E-state index contributed by atoms with van der Waals surface area (Å²) in [5, 5.41) is 0.684. The number of carbonyl (C=O) groups is 1. The molecule has 0 aliphatic heterocycles. The quantitative estimate of drug-likeness (QED) is 0.566. The molecule has 3 rings (SSSR count). The third-order valence-corrected chi connectivity index (χ3v) is 6.29. The van der Waals surface area contributed by atoms with Gasteiger partial charge in [-0.2, -0.15) is 4.99 Å². The highest BCUT2D eigenvalue weighted by atomic mass is 35.5. The second-order valence-corrected chi connectivity index (χ2v) is 9.66. The topological polar surface area (TPSA) is 68.5 Å². The lowest BCUT2D eigenvalue weighted by atomic mass is 10.2. The van der Waals surface area contributed by atoms with Gasteiger partial charge in [0.2, 0.25) is 0 Å². The molecule has 0 bridgehead atoms. The molecule has 0 fully saturated rings. The Hall–Kier alpha value is -1.93. The average molecular weight is 441 g/mol. The van der Waals surface area contributed by atoms with Crippen molar-refractivity contribution >= 4 is 60.5 Å². The van der Waals surface area contributed by atoms with Crippen LogP contribution in [0.5, 0.6) is 0 Å². The van der Waals surface area contributed by atoms with Crippen LogP contribution in [0.4, 0.5) is 0 Å². The number of carbonyl (C=O) groups excluding carboxylic acids is 1. The fourth-order valence-electron chi connectivity index (χ4n) is 2.50. The van der Waals surface area contributed by atoms with Crippen molar-refractivity contribution < 1.29 is 13.2 Å². The fraction of sp³-hybridized carbons (Fsp3) is 0.111. The predicted molar refractivity (Wildman–Crippen MR) is 109 cm³/mol. The maximum atomic E-state index is 12.6. The van der Waals surface area contributed by atoms with Gasteiger partial charge in [0.1, 0.15) is 0 Å². The predicted octanol–water partition coefficient (Wildman–Crippen LogP) is 4.34. The lowest BCUT2D eigenvalue weighted by molar-refractivity contribution is 0.0998. The molecule has 0 saturated carbocycles. The summed E-state index contributed by atoms with van der Waals surface area (Å²) in [4.78, 5) is 17.4. The molecule has 0 unspecified atom stereocenters. The molecule has 0 spiro atoms. The molecule has 0 N–H and O–H groups in total. The van der Waals surface area contributed by atoms with E-state index in [-0.39, 0.29) is 10.5 Å². The van der Waals surface area contributed by atoms with Gasteiger partial charge in [0.15, 0.2) is 14.6 Å². The van der Waals surface area contributed by atoms with Crippen LogP contribution in [0, 0.1) is 0 Å². The van der Waals surface area contributed by atoms with E-state index in [2.05, 4.69) is 11.6 Å². The normalized spacial score (nSPS) is 12.5. The first-order valence-electron chi connectivity index (χ1n) is 7.68. The van der Waals surface area contributed by atoms with Crippen LogP contribution in [0.15, 0.2) is 58.9 Å². The summed E-state index contributed by atoms with van der Waals surface area (Å²) >= 11 is 13.1. The SMILES string of the molecule is C=CCn1c(=NC(=O)c2cc(Cl)cc(Cl)c2)sc2cc(S(C)(=O)=O)ccc21. The molecule has 1 heterocycles. The molecule has 3 aromatic rings. The zero-order valence-corrected chi connectivity index (χ0v) is 17.3. The Morgan fingerprint density at radius 3 is 2.48 bits per heavy atom. The van der Waals surface area contributed by atoms with Crippen molar-refractivity contribution in [3.05, 3.63) is 69.5 Å². The van der Waals surface area contributed by atoms with Crippen LogP contribution < -0.4 is 4.80 Å². The zero-order valence-electron chi connectivity index (χ0n) is 14.1. The molecule has 5 nitrogen and oxygen atoms in total. The van der Waals surface area contributed by atoms with Gasteiger partial charge in [-0.25, -0.2) is 8.42 Å². The second-order valence-electron chi connectivity index (χ2n) is 5.76. The molecule has 9 heteroatoms. The van der Waals surface area contributed by atoms with Gasteiger partial charge in [0.05, 0.1) is 15.1 Å². The van der Waals surface area contributed by atoms with Gasteiger partial charge in [0, 0.05) is 28.4 Å². The lowest BCUT2D eigenvalue weighted by Crippen LogP contribution is -2.16. The summed E-state index contributed by atoms with van der Waals surface area (Å²) in [6, 6.07) is 9.33. The number of nitrogens with zero attached hydrogens (tertiary/aromatic N) is 2. The molecule has 2 aromatic carbocycles. The molecule has 0 saturated heterocycles. The van der Waals surface area contributed by atoms with Crippen molar-refractivity contribution in [3.63, 3.8) is 0 Å². The highest BCUT2D eigenvalue weighted by Crippen LogP contribution is 2.23. The number of hydrogen-bond donors (Lipinski definition) is 0. The molecule has 0 aliphatic rings. The summed E-state index contributed by atoms with van der Waals surface area (Å²) in [5.74, 6) is -0.493. The molecule has 0 atom stereocenters. The van der Waals surface area contributed by atoms with Gasteiger partial charge in [-0.05, 0) is 36.4 Å². The van der Waals surface area contributed by atoms with E-state index >= 15 is 0 Å². The maximum absolute atomic E-state index is 12.6.